The number of carbonyl (C=O) groups is 4. The summed E-state index contributed by atoms with van der Waals surface area (Å²) < 4.78 is 5.63. The van der Waals surface area contributed by atoms with Gasteiger partial charge >= 0.3 is 0 Å². The second kappa shape index (κ2) is 11.0. The number of piperidine rings is 1. The Balaban J connectivity index is 1.21. The molecule has 8 nitrogen and oxygen atoms in total. The normalized spacial score (nSPS) is 27.5. The van der Waals surface area contributed by atoms with Crippen LogP contribution in [0.25, 0.3) is 0 Å². The molecule has 2 aliphatic heterocycles. The second-order valence-electron chi connectivity index (χ2n) is 12.7. The van der Waals surface area contributed by atoms with Crippen LogP contribution in [0.2, 0.25) is 0 Å². The monoisotopic (exact) mass is 592 g/mol. The number of allylic oxidation sites excluding steroid dienone is 6. The first-order valence-corrected chi connectivity index (χ1v) is 15.5. The van der Waals surface area contributed by atoms with E-state index in [0.717, 1.165) is 38.0 Å². The number of aromatic hydroxyl groups is 1. The van der Waals surface area contributed by atoms with Gasteiger partial charge in [0.2, 0.25) is 11.8 Å². The molecule has 0 aromatic heterocycles. The van der Waals surface area contributed by atoms with Crippen LogP contribution in [-0.2, 0) is 25.7 Å². The third-order valence-corrected chi connectivity index (χ3v) is 10.3. The van der Waals surface area contributed by atoms with Crippen molar-refractivity contribution < 1.29 is 29.0 Å². The van der Waals surface area contributed by atoms with Gasteiger partial charge in [-0.3, -0.25) is 29.0 Å². The molecule has 0 radical (unpaired) electrons. The number of nitrogens with zero attached hydrogens (tertiary/aromatic N) is 2. The van der Waals surface area contributed by atoms with Crippen LogP contribution in [0.5, 0.6) is 11.5 Å². The number of hydrogen-bond donors (Lipinski definition) is 1. The predicted molar refractivity (Wildman–Crippen MR) is 163 cm³/mol. The molecule has 2 aromatic carbocycles. The number of amides is 2. The number of rotatable bonds is 5. The van der Waals surface area contributed by atoms with E-state index in [4.69, 9.17) is 4.74 Å². The molecular formula is C36H36N2O6. The Kier molecular flexibility index (Phi) is 7.12. The zero-order valence-electron chi connectivity index (χ0n) is 25.0. The van der Waals surface area contributed by atoms with Crippen molar-refractivity contribution in [3.63, 3.8) is 0 Å². The average Bonchev–Trinajstić information content (AvgIpc) is 3.29. The highest BCUT2D eigenvalue weighted by molar-refractivity contribution is 6.23. The van der Waals surface area contributed by atoms with Crippen LogP contribution >= 0.6 is 0 Å². The maximum atomic E-state index is 14.3. The number of carbonyl (C=O) groups excluding carboxylic acids is 4. The number of benzene rings is 2. The van der Waals surface area contributed by atoms with E-state index in [0.29, 0.717) is 34.5 Å². The van der Waals surface area contributed by atoms with E-state index in [-0.39, 0.29) is 41.6 Å². The smallest absolute Gasteiger partial charge is 0.233 e. The van der Waals surface area contributed by atoms with Crippen molar-refractivity contribution in [1.82, 2.24) is 9.80 Å². The number of ketones is 2. The molecule has 5 aliphatic rings. The second-order valence-corrected chi connectivity index (χ2v) is 12.7. The summed E-state index contributed by atoms with van der Waals surface area (Å²) in [5, 5.41) is 11.1. The average molecular weight is 593 g/mol. The molecule has 4 atom stereocenters. The standard InChI is InChI=1S/C36H36N2O6/c1-20-17-28(40)31-26(34(20)41)18-25-23(32(31)33-27(39)9-6-10-29(33)44-2)11-12-24-30(25)36(43)38(35(24)42)22-13-15-37(16-14-22)19-21-7-4-3-5-8-21/h3-11,17,22,24-25,30,32,39H,12-16,18-19H2,1-2H3/t24-,25+,30-,32-/m0/s1. The van der Waals surface area contributed by atoms with Gasteiger partial charge in [0.1, 0.15) is 11.5 Å². The highest BCUT2D eigenvalue weighted by Crippen LogP contribution is 2.57. The number of methoxy groups -OCH3 is 1. The van der Waals surface area contributed by atoms with Crippen LogP contribution in [0, 0.1) is 17.8 Å². The third-order valence-electron chi connectivity index (χ3n) is 10.3. The molecule has 7 rings (SSSR count). The molecule has 1 N–H and O–H groups in total. The van der Waals surface area contributed by atoms with Crippen molar-refractivity contribution >= 4 is 23.4 Å². The first kappa shape index (κ1) is 28.5. The van der Waals surface area contributed by atoms with E-state index in [1.807, 2.05) is 24.3 Å². The highest BCUT2D eigenvalue weighted by atomic mass is 16.5. The van der Waals surface area contributed by atoms with Crippen LogP contribution in [0.1, 0.15) is 49.7 Å². The van der Waals surface area contributed by atoms with E-state index < -0.39 is 23.7 Å². The summed E-state index contributed by atoms with van der Waals surface area (Å²) in [5.74, 6) is -2.76. The Hall–Kier alpha value is -4.30. The maximum absolute atomic E-state index is 14.3. The largest absolute Gasteiger partial charge is 0.507 e. The highest BCUT2D eigenvalue weighted by Gasteiger charge is 2.58. The van der Waals surface area contributed by atoms with Crippen LogP contribution in [0.4, 0.5) is 0 Å². The van der Waals surface area contributed by atoms with Crippen molar-refractivity contribution in [2.24, 2.45) is 17.8 Å². The van der Waals surface area contributed by atoms with Gasteiger partial charge in [-0.1, -0.05) is 48.0 Å². The summed E-state index contributed by atoms with van der Waals surface area (Å²) >= 11 is 0. The van der Waals surface area contributed by atoms with Gasteiger partial charge in [0, 0.05) is 53.9 Å². The number of fused-ring (bicyclic) bond motifs is 3. The van der Waals surface area contributed by atoms with E-state index >= 15 is 0 Å². The van der Waals surface area contributed by atoms with Crippen molar-refractivity contribution in [3.8, 4) is 11.5 Å². The van der Waals surface area contributed by atoms with Gasteiger partial charge in [-0.2, -0.15) is 0 Å². The Morgan fingerprint density at radius 3 is 2.41 bits per heavy atom. The summed E-state index contributed by atoms with van der Waals surface area (Å²) in [7, 11) is 1.50. The molecule has 2 fully saturated rings. The van der Waals surface area contributed by atoms with Gasteiger partial charge in [0.15, 0.2) is 11.6 Å². The molecule has 2 saturated heterocycles. The number of hydrogen-bond acceptors (Lipinski definition) is 7. The number of phenols is 1. The number of likely N-dealkylation sites (tertiary alicyclic amines) is 2. The number of phenolic OH excluding ortho intramolecular Hbond substituents is 1. The Labute approximate surface area is 256 Å². The fourth-order valence-corrected chi connectivity index (χ4v) is 8.28. The van der Waals surface area contributed by atoms with Crippen LogP contribution < -0.4 is 4.74 Å². The molecule has 0 bridgehead atoms. The first-order chi connectivity index (χ1) is 21.3. The Morgan fingerprint density at radius 1 is 0.932 bits per heavy atom. The molecule has 8 heteroatoms. The summed E-state index contributed by atoms with van der Waals surface area (Å²) in [6.07, 6.45) is 5.37. The zero-order chi connectivity index (χ0) is 30.7. The summed E-state index contributed by atoms with van der Waals surface area (Å²) in [4.78, 5) is 59.2. The zero-order valence-corrected chi connectivity index (χ0v) is 25.0. The van der Waals surface area contributed by atoms with Gasteiger partial charge < -0.3 is 9.84 Å². The van der Waals surface area contributed by atoms with E-state index in [2.05, 4.69) is 17.0 Å². The van der Waals surface area contributed by atoms with Gasteiger partial charge in [0.05, 0.1) is 18.9 Å². The van der Waals surface area contributed by atoms with E-state index in [1.165, 1.54) is 23.6 Å². The Bertz CT molecular complexity index is 1660. The van der Waals surface area contributed by atoms with E-state index in [1.54, 1.807) is 25.1 Å². The van der Waals surface area contributed by atoms with Gasteiger partial charge in [0.25, 0.3) is 0 Å². The van der Waals surface area contributed by atoms with Crippen LogP contribution in [-0.4, -0.2) is 64.5 Å². The number of ether oxygens (including phenoxy) is 1. The molecule has 0 unspecified atom stereocenters. The Morgan fingerprint density at radius 2 is 1.68 bits per heavy atom. The molecule has 0 spiro atoms. The fraction of sp³-hybridized carbons (Fsp3) is 0.389. The van der Waals surface area contributed by atoms with Gasteiger partial charge in [-0.25, -0.2) is 0 Å². The van der Waals surface area contributed by atoms with Crippen molar-refractivity contribution in [2.75, 3.05) is 20.2 Å². The fourth-order valence-electron chi connectivity index (χ4n) is 8.28. The maximum Gasteiger partial charge on any atom is 0.233 e. The lowest BCUT2D eigenvalue weighted by atomic mass is 9.59. The summed E-state index contributed by atoms with van der Waals surface area (Å²) in [6, 6.07) is 15.1. The molecule has 3 aliphatic carbocycles. The topological polar surface area (TPSA) is 104 Å². The SMILES string of the molecule is COc1cccc(O)c1[C@H]1C2=CC[C@@H]3C(=O)N(C4CCN(Cc5ccccc5)CC4)C(=O)[C@@H]3[C@@H]2CC2=C1C(=O)C=C(C)C2=O. The summed E-state index contributed by atoms with van der Waals surface area (Å²) in [5.41, 5.74) is 3.52. The van der Waals surface area contributed by atoms with Gasteiger partial charge in [-0.15, -0.1) is 0 Å². The molecule has 2 amide bonds. The molecule has 226 valence electrons. The van der Waals surface area contributed by atoms with Crippen molar-refractivity contribution in [2.45, 2.75) is 51.1 Å². The minimum Gasteiger partial charge on any atom is -0.507 e. The van der Waals surface area contributed by atoms with Gasteiger partial charge in [-0.05, 0) is 62.3 Å². The molecule has 0 saturated carbocycles. The van der Waals surface area contributed by atoms with Crippen LogP contribution in [0.15, 0.2) is 83.0 Å². The van der Waals surface area contributed by atoms with Crippen molar-refractivity contribution in [1.29, 1.82) is 0 Å². The molecule has 2 heterocycles. The van der Waals surface area contributed by atoms with Crippen molar-refractivity contribution in [3.05, 3.63) is 94.1 Å². The first-order valence-electron chi connectivity index (χ1n) is 15.5. The minimum atomic E-state index is -0.750. The van der Waals surface area contributed by atoms with E-state index in [9.17, 15) is 24.3 Å². The predicted octanol–water partition coefficient (Wildman–Crippen LogP) is 4.49. The molecular weight excluding hydrogens is 556 g/mol. The minimum absolute atomic E-state index is 0.0471. The lowest BCUT2D eigenvalue weighted by molar-refractivity contribution is -0.144. The lowest BCUT2D eigenvalue weighted by Gasteiger charge is -2.42. The lowest BCUT2D eigenvalue weighted by Crippen LogP contribution is -2.47. The number of imide groups is 1. The third kappa shape index (κ3) is 4.46. The number of Topliss-reactive ketones (excluding diaryl/α,β-unsaturated/α-hetero) is 1. The summed E-state index contributed by atoms with van der Waals surface area (Å²) in [6.45, 7) is 4.06. The quantitative estimate of drug-likeness (QED) is 0.310. The van der Waals surface area contributed by atoms with Crippen LogP contribution in [0.3, 0.4) is 0 Å². The molecule has 2 aromatic rings. The molecule has 44 heavy (non-hydrogen) atoms.